The summed E-state index contributed by atoms with van der Waals surface area (Å²) in [5, 5.41) is 17.7. The molecule has 0 aliphatic carbocycles. The number of thiophene rings is 1. The lowest BCUT2D eigenvalue weighted by molar-refractivity contribution is 0.577. The van der Waals surface area contributed by atoms with E-state index in [9.17, 15) is 0 Å². The van der Waals surface area contributed by atoms with Crippen LogP contribution in [0, 0.1) is 0 Å². The number of benzene rings is 1. The van der Waals surface area contributed by atoms with Crippen molar-refractivity contribution in [2.45, 2.75) is 5.66 Å². The van der Waals surface area contributed by atoms with Crippen LogP contribution in [0.25, 0.3) is 0 Å². The first-order chi connectivity index (χ1) is 7.92. The highest BCUT2D eigenvalue weighted by Gasteiger charge is 2.38. The summed E-state index contributed by atoms with van der Waals surface area (Å²) in [5.74, 6) is 0. The van der Waals surface area contributed by atoms with Crippen LogP contribution in [0.2, 0.25) is 0 Å². The quantitative estimate of drug-likeness (QED) is 0.751. The average Bonchev–Trinajstić information content (AvgIpc) is 3.02. The Morgan fingerprint density at radius 2 is 1.62 bits per heavy atom. The molecule has 0 spiro atoms. The molecule has 0 saturated carbocycles. The van der Waals surface area contributed by atoms with E-state index in [0.29, 0.717) is 0 Å². The van der Waals surface area contributed by atoms with Crippen molar-refractivity contribution in [1.29, 1.82) is 0 Å². The summed E-state index contributed by atoms with van der Waals surface area (Å²) >= 11 is 1.61. The maximum Gasteiger partial charge on any atom is 0.254 e. The van der Waals surface area contributed by atoms with Gasteiger partial charge in [0.1, 0.15) is 0 Å². The van der Waals surface area contributed by atoms with Gasteiger partial charge in [-0.2, -0.15) is 0 Å². The maximum absolute atomic E-state index is 4.18. The lowest BCUT2D eigenvalue weighted by Crippen LogP contribution is -2.18. The Bertz CT molecular complexity index is 518. The van der Waals surface area contributed by atoms with Crippen LogP contribution in [0.4, 0.5) is 0 Å². The van der Waals surface area contributed by atoms with E-state index < -0.39 is 5.66 Å². The SMILES string of the molecule is c1ccc(C2(c3cccs3)N=NN=N2)cc1. The minimum Gasteiger partial charge on any atom is -0.144 e. The molecule has 2 heterocycles. The summed E-state index contributed by atoms with van der Waals surface area (Å²) in [4.78, 5) is 1.03. The number of hydrogen-bond donors (Lipinski definition) is 0. The van der Waals surface area contributed by atoms with Crippen molar-refractivity contribution in [3.8, 4) is 0 Å². The molecule has 1 aliphatic heterocycles. The van der Waals surface area contributed by atoms with Crippen molar-refractivity contribution >= 4 is 11.3 Å². The average molecular weight is 228 g/mol. The number of hydrogen-bond acceptors (Lipinski definition) is 5. The molecule has 0 unspecified atom stereocenters. The second kappa shape index (κ2) is 3.61. The van der Waals surface area contributed by atoms with Gasteiger partial charge in [0.15, 0.2) is 0 Å². The van der Waals surface area contributed by atoms with Crippen molar-refractivity contribution in [2.24, 2.45) is 20.7 Å². The molecule has 1 aromatic carbocycles. The molecule has 0 bridgehead atoms. The molecule has 16 heavy (non-hydrogen) atoms. The van der Waals surface area contributed by atoms with Crippen LogP contribution in [0.5, 0.6) is 0 Å². The van der Waals surface area contributed by atoms with Crippen molar-refractivity contribution in [3.05, 3.63) is 58.3 Å². The summed E-state index contributed by atoms with van der Waals surface area (Å²) in [6, 6.07) is 13.9. The van der Waals surface area contributed by atoms with E-state index in [-0.39, 0.29) is 0 Å². The summed E-state index contributed by atoms with van der Waals surface area (Å²) in [7, 11) is 0. The van der Waals surface area contributed by atoms with Crippen molar-refractivity contribution in [3.63, 3.8) is 0 Å². The Hall–Kier alpha value is -1.88. The second-order valence-corrected chi connectivity index (χ2v) is 4.34. The molecule has 1 aliphatic rings. The largest absolute Gasteiger partial charge is 0.254 e. The van der Waals surface area contributed by atoms with Crippen molar-refractivity contribution in [2.75, 3.05) is 0 Å². The molecular formula is C11H8N4S. The van der Waals surface area contributed by atoms with Gasteiger partial charge in [0.2, 0.25) is 0 Å². The predicted octanol–water partition coefficient (Wildman–Crippen LogP) is 3.78. The molecule has 0 radical (unpaired) electrons. The fourth-order valence-corrected chi connectivity index (χ4v) is 2.52. The summed E-state index contributed by atoms with van der Waals surface area (Å²) < 4.78 is 0. The van der Waals surface area contributed by atoms with Crippen LogP contribution in [-0.2, 0) is 5.66 Å². The molecule has 0 N–H and O–H groups in total. The van der Waals surface area contributed by atoms with Gasteiger partial charge in [0.25, 0.3) is 5.66 Å². The van der Waals surface area contributed by atoms with Gasteiger partial charge < -0.3 is 0 Å². The summed E-state index contributed by atoms with van der Waals surface area (Å²) in [6.45, 7) is 0. The first-order valence-corrected chi connectivity index (χ1v) is 5.73. The first-order valence-electron chi connectivity index (χ1n) is 4.85. The molecule has 0 saturated heterocycles. The van der Waals surface area contributed by atoms with Crippen molar-refractivity contribution < 1.29 is 0 Å². The smallest absolute Gasteiger partial charge is 0.144 e. The fraction of sp³-hybridized carbons (Fsp3) is 0.0909. The van der Waals surface area contributed by atoms with Gasteiger partial charge in [-0.25, -0.2) is 0 Å². The highest BCUT2D eigenvalue weighted by atomic mass is 32.1. The molecule has 0 amide bonds. The number of nitrogens with zero attached hydrogens (tertiary/aromatic N) is 4. The van der Waals surface area contributed by atoms with Gasteiger partial charge in [-0.15, -0.1) is 21.6 Å². The van der Waals surface area contributed by atoms with Crippen LogP contribution in [0.3, 0.4) is 0 Å². The Balaban J connectivity index is 2.19. The maximum atomic E-state index is 4.18. The van der Waals surface area contributed by atoms with Crippen LogP contribution in [0.15, 0.2) is 68.5 Å². The summed E-state index contributed by atoms with van der Waals surface area (Å²) in [5.41, 5.74) is 0.234. The highest BCUT2D eigenvalue weighted by Crippen LogP contribution is 2.40. The van der Waals surface area contributed by atoms with Gasteiger partial charge in [-0.1, -0.05) is 36.4 Å². The van der Waals surface area contributed by atoms with E-state index in [4.69, 9.17) is 0 Å². The van der Waals surface area contributed by atoms with Crippen molar-refractivity contribution in [1.82, 2.24) is 0 Å². The summed E-state index contributed by atoms with van der Waals surface area (Å²) in [6.07, 6.45) is 0. The van der Waals surface area contributed by atoms with Gasteiger partial charge in [-0.05, 0) is 21.9 Å². The van der Waals surface area contributed by atoms with Crippen LogP contribution < -0.4 is 0 Å². The zero-order chi connectivity index (χ0) is 10.8. The third-order valence-corrected chi connectivity index (χ3v) is 3.43. The Labute approximate surface area is 96.4 Å². The van der Waals surface area contributed by atoms with E-state index in [2.05, 4.69) is 20.7 Å². The lowest BCUT2D eigenvalue weighted by Gasteiger charge is -2.18. The second-order valence-electron chi connectivity index (χ2n) is 3.39. The minimum atomic E-state index is -0.755. The Morgan fingerprint density at radius 1 is 0.875 bits per heavy atom. The van der Waals surface area contributed by atoms with E-state index in [1.807, 2.05) is 47.8 Å². The van der Waals surface area contributed by atoms with E-state index >= 15 is 0 Å². The lowest BCUT2D eigenvalue weighted by atomic mass is 9.99. The van der Waals surface area contributed by atoms with Gasteiger partial charge in [0.05, 0.1) is 4.88 Å². The first kappa shape index (κ1) is 9.35. The third kappa shape index (κ3) is 1.29. The molecule has 2 aromatic rings. The topological polar surface area (TPSA) is 49.4 Å². The van der Waals surface area contributed by atoms with E-state index in [0.717, 1.165) is 10.4 Å². The Morgan fingerprint density at radius 3 is 2.25 bits per heavy atom. The van der Waals surface area contributed by atoms with Gasteiger partial charge in [-0.3, -0.25) is 0 Å². The monoisotopic (exact) mass is 228 g/mol. The number of rotatable bonds is 2. The molecule has 5 heteroatoms. The van der Waals surface area contributed by atoms with E-state index in [1.54, 1.807) is 11.3 Å². The third-order valence-electron chi connectivity index (χ3n) is 2.46. The van der Waals surface area contributed by atoms with Crippen LogP contribution >= 0.6 is 11.3 Å². The van der Waals surface area contributed by atoms with Crippen LogP contribution in [-0.4, -0.2) is 0 Å². The normalized spacial score (nSPS) is 16.8. The van der Waals surface area contributed by atoms with Gasteiger partial charge >= 0.3 is 0 Å². The fourth-order valence-electron chi connectivity index (χ4n) is 1.69. The molecule has 3 rings (SSSR count). The zero-order valence-electron chi connectivity index (χ0n) is 8.32. The minimum absolute atomic E-state index is 0.755. The highest BCUT2D eigenvalue weighted by molar-refractivity contribution is 7.10. The predicted molar refractivity (Wildman–Crippen MR) is 61.3 cm³/mol. The standard InChI is InChI=1S/C11H8N4S/c1-2-5-9(6-3-1)11(12-14-15-13-11)10-7-4-8-16-10/h1-8H. The Kier molecular flexibility index (Phi) is 2.11. The molecule has 0 fully saturated rings. The molecule has 1 aromatic heterocycles. The van der Waals surface area contributed by atoms with E-state index in [1.165, 1.54) is 0 Å². The molecule has 4 nitrogen and oxygen atoms in total. The van der Waals surface area contributed by atoms with Crippen LogP contribution in [0.1, 0.15) is 10.4 Å². The van der Waals surface area contributed by atoms with Gasteiger partial charge in [0, 0.05) is 5.56 Å². The molecular weight excluding hydrogens is 220 g/mol. The molecule has 0 atom stereocenters. The molecule has 78 valence electrons. The zero-order valence-corrected chi connectivity index (χ0v) is 9.13.